The predicted molar refractivity (Wildman–Crippen MR) is 68.2 cm³/mol. The van der Waals surface area contributed by atoms with Crippen molar-refractivity contribution in [2.75, 3.05) is 14.1 Å². The first-order valence-corrected chi connectivity index (χ1v) is 5.94. The fourth-order valence-corrected chi connectivity index (χ4v) is 2.31. The average Bonchev–Trinajstić information content (AvgIpc) is 2.15. The van der Waals surface area contributed by atoms with Crippen LogP contribution in [0.2, 0.25) is 0 Å². The largest absolute Gasteiger partial charge is 0.345 e. The van der Waals surface area contributed by atoms with Crippen LogP contribution in [0.3, 0.4) is 0 Å². The highest BCUT2D eigenvalue weighted by Crippen LogP contribution is 2.40. The minimum atomic E-state index is 0.0571. The van der Waals surface area contributed by atoms with Crippen LogP contribution in [0.25, 0.3) is 0 Å². The molecule has 1 aliphatic carbocycles. The molecule has 90 valence electrons. The van der Waals surface area contributed by atoms with Crippen LogP contribution in [0.4, 0.5) is 0 Å². The van der Waals surface area contributed by atoms with Crippen molar-refractivity contribution in [1.29, 1.82) is 0 Å². The third kappa shape index (κ3) is 2.97. The van der Waals surface area contributed by atoms with Gasteiger partial charge in [0.2, 0.25) is 5.91 Å². The third-order valence-corrected chi connectivity index (χ3v) is 3.38. The van der Waals surface area contributed by atoms with Crippen LogP contribution in [0, 0.1) is 5.41 Å². The van der Waals surface area contributed by atoms with Gasteiger partial charge in [0.1, 0.15) is 0 Å². The maximum Gasteiger partial charge on any atom is 0.246 e. The van der Waals surface area contributed by atoms with Gasteiger partial charge < -0.3 is 4.90 Å². The van der Waals surface area contributed by atoms with E-state index >= 15 is 0 Å². The lowest BCUT2D eigenvalue weighted by molar-refractivity contribution is -0.123. The van der Waals surface area contributed by atoms with Gasteiger partial charge in [0.25, 0.3) is 0 Å². The fraction of sp³-hybridized carbons (Fsp3) is 0.643. The molecule has 2 nitrogen and oxygen atoms in total. The molecule has 1 aliphatic rings. The number of nitrogens with zero attached hydrogens (tertiary/aromatic N) is 1. The van der Waals surface area contributed by atoms with Crippen LogP contribution < -0.4 is 0 Å². The van der Waals surface area contributed by atoms with Crippen molar-refractivity contribution in [3.05, 3.63) is 23.3 Å². The number of hydrogen-bond donors (Lipinski definition) is 0. The van der Waals surface area contributed by atoms with E-state index in [4.69, 9.17) is 0 Å². The molecular weight excluding hydrogens is 198 g/mol. The average molecular weight is 221 g/mol. The molecule has 0 saturated heterocycles. The molecule has 1 rings (SSSR count). The molecule has 0 aromatic rings. The summed E-state index contributed by atoms with van der Waals surface area (Å²) in [5, 5.41) is 0. The Balaban J connectivity index is 2.90. The first-order valence-electron chi connectivity index (χ1n) is 5.94. The number of hydrogen-bond acceptors (Lipinski definition) is 1. The SMILES string of the molecule is CC1=C(/C=C/C(=O)N(C)C)C(C)(C)CCC1. The Bertz CT molecular complexity index is 335. The van der Waals surface area contributed by atoms with E-state index in [-0.39, 0.29) is 11.3 Å². The number of allylic oxidation sites excluding steroid dienone is 3. The Kier molecular flexibility index (Phi) is 3.95. The molecule has 0 aromatic heterocycles. The van der Waals surface area contributed by atoms with Gasteiger partial charge in [-0.05, 0) is 37.2 Å². The van der Waals surface area contributed by atoms with E-state index < -0.39 is 0 Å². The summed E-state index contributed by atoms with van der Waals surface area (Å²) in [5.41, 5.74) is 2.99. The summed E-state index contributed by atoms with van der Waals surface area (Å²) in [6.45, 7) is 6.70. The summed E-state index contributed by atoms with van der Waals surface area (Å²) in [7, 11) is 3.56. The van der Waals surface area contributed by atoms with Gasteiger partial charge in [-0.3, -0.25) is 4.79 Å². The fourth-order valence-electron chi connectivity index (χ4n) is 2.31. The highest BCUT2D eigenvalue weighted by atomic mass is 16.2. The van der Waals surface area contributed by atoms with Crippen molar-refractivity contribution in [1.82, 2.24) is 4.90 Å². The second-order valence-electron chi connectivity index (χ2n) is 5.50. The summed E-state index contributed by atoms with van der Waals surface area (Å²) < 4.78 is 0. The van der Waals surface area contributed by atoms with Crippen LogP contribution in [0.15, 0.2) is 23.3 Å². The number of likely N-dealkylation sites (N-methyl/N-ethyl adjacent to an activating group) is 1. The topological polar surface area (TPSA) is 20.3 Å². The molecule has 0 spiro atoms. The van der Waals surface area contributed by atoms with E-state index in [9.17, 15) is 4.79 Å². The molecule has 0 fully saturated rings. The third-order valence-electron chi connectivity index (χ3n) is 3.38. The first-order chi connectivity index (χ1) is 7.34. The van der Waals surface area contributed by atoms with E-state index in [2.05, 4.69) is 20.8 Å². The van der Waals surface area contributed by atoms with Gasteiger partial charge in [-0.2, -0.15) is 0 Å². The normalized spacial score (nSPS) is 20.3. The Hall–Kier alpha value is -1.05. The minimum absolute atomic E-state index is 0.0571. The monoisotopic (exact) mass is 221 g/mol. The zero-order valence-electron chi connectivity index (χ0n) is 11.1. The van der Waals surface area contributed by atoms with Gasteiger partial charge in [-0.25, -0.2) is 0 Å². The molecular formula is C14H23NO. The molecule has 0 N–H and O–H groups in total. The smallest absolute Gasteiger partial charge is 0.246 e. The van der Waals surface area contributed by atoms with Crippen molar-refractivity contribution in [2.24, 2.45) is 5.41 Å². The van der Waals surface area contributed by atoms with E-state index in [1.807, 2.05) is 6.08 Å². The highest BCUT2D eigenvalue weighted by molar-refractivity contribution is 5.87. The van der Waals surface area contributed by atoms with Crippen molar-refractivity contribution < 1.29 is 4.79 Å². The Morgan fingerprint density at radius 2 is 2.00 bits per heavy atom. The number of amides is 1. The quantitative estimate of drug-likeness (QED) is 0.656. The van der Waals surface area contributed by atoms with Crippen molar-refractivity contribution in [3.63, 3.8) is 0 Å². The number of carbonyl (C=O) groups is 1. The van der Waals surface area contributed by atoms with E-state index in [1.165, 1.54) is 30.4 Å². The Morgan fingerprint density at radius 1 is 1.38 bits per heavy atom. The van der Waals surface area contributed by atoms with Crippen LogP contribution in [-0.4, -0.2) is 24.9 Å². The maximum atomic E-state index is 11.5. The zero-order chi connectivity index (χ0) is 12.3. The minimum Gasteiger partial charge on any atom is -0.345 e. The second-order valence-corrected chi connectivity index (χ2v) is 5.50. The van der Waals surface area contributed by atoms with Crippen LogP contribution in [0.1, 0.15) is 40.0 Å². The van der Waals surface area contributed by atoms with Gasteiger partial charge in [-0.15, -0.1) is 0 Å². The highest BCUT2D eigenvalue weighted by Gasteiger charge is 2.26. The molecule has 0 aromatic carbocycles. The van der Waals surface area contributed by atoms with Gasteiger partial charge in [0, 0.05) is 20.2 Å². The molecule has 0 heterocycles. The second kappa shape index (κ2) is 4.86. The lowest BCUT2D eigenvalue weighted by atomic mass is 9.72. The molecule has 0 aliphatic heterocycles. The zero-order valence-corrected chi connectivity index (χ0v) is 11.1. The summed E-state index contributed by atoms with van der Waals surface area (Å²) in [5.74, 6) is 0.0571. The molecule has 0 saturated carbocycles. The van der Waals surface area contributed by atoms with Crippen LogP contribution in [0.5, 0.6) is 0 Å². The molecule has 16 heavy (non-hydrogen) atoms. The van der Waals surface area contributed by atoms with E-state index in [0.29, 0.717) is 0 Å². The van der Waals surface area contributed by atoms with Gasteiger partial charge in [-0.1, -0.05) is 25.5 Å². The van der Waals surface area contributed by atoms with Crippen LogP contribution in [-0.2, 0) is 4.79 Å². The summed E-state index contributed by atoms with van der Waals surface area (Å²) in [6, 6.07) is 0. The molecule has 0 atom stereocenters. The lowest BCUT2D eigenvalue weighted by Crippen LogP contribution is -2.21. The van der Waals surface area contributed by atoms with Crippen molar-refractivity contribution in [2.45, 2.75) is 40.0 Å². The first kappa shape index (κ1) is 13.0. The number of carbonyl (C=O) groups excluding carboxylic acids is 1. The summed E-state index contributed by atoms with van der Waals surface area (Å²) in [4.78, 5) is 13.1. The van der Waals surface area contributed by atoms with E-state index in [0.717, 1.165) is 0 Å². The molecule has 1 amide bonds. The molecule has 0 unspecified atom stereocenters. The van der Waals surface area contributed by atoms with Crippen molar-refractivity contribution >= 4 is 5.91 Å². The predicted octanol–water partition coefficient (Wildman–Crippen LogP) is 3.16. The van der Waals surface area contributed by atoms with Gasteiger partial charge in [0.05, 0.1) is 0 Å². The maximum absolute atomic E-state index is 11.5. The van der Waals surface area contributed by atoms with Crippen molar-refractivity contribution in [3.8, 4) is 0 Å². The van der Waals surface area contributed by atoms with Gasteiger partial charge >= 0.3 is 0 Å². The standard InChI is InChI=1S/C14H23NO/c1-11-7-6-10-14(2,3)12(11)8-9-13(16)15(4)5/h8-9H,6-7,10H2,1-5H3/b9-8+. The lowest BCUT2D eigenvalue weighted by Gasteiger charge is -2.32. The number of rotatable bonds is 2. The Morgan fingerprint density at radius 3 is 2.50 bits per heavy atom. The summed E-state index contributed by atoms with van der Waals surface area (Å²) >= 11 is 0. The molecule has 0 radical (unpaired) electrons. The van der Waals surface area contributed by atoms with Crippen LogP contribution >= 0.6 is 0 Å². The molecule has 2 heteroatoms. The molecule has 0 bridgehead atoms. The van der Waals surface area contributed by atoms with Gasteiger partial charge in [0.15, 0.2) is 0 Å². The van der Waals surface area contributed by atoms with E-state index in [1.54, 1.807) is 25.1 Å². The Labute approximate surface area is 99.0 Å². The summed E-state index contributed by atoms with van der Waals surface area (Å²) in [6.07, 6.45) is 7.33.